The van der Waals surface area contributed by atoms with Crippen LogP contribution in [0.5, 0.6) is 0 Å². The fraction of sp³-hybridized carbons (Fsp3) is 0.421. The highest BCUT2D eigenvalue weighted by atomic mass is 16.6. The number of carbonyl (C=O) groups is 1. The second-order valence-corrected chi connectivity index (χ2v) is 7.77. The van der Waals surface area contributed by atoms with Crippen LogP contribution in [0.1, 0.15) is 36.5 Å². The number of carbonyl (C=O) groups excluding carboxylic acids is 1. The molecule has 9 heteroatoms. The van der Waals surface area contributed by atoms with Crippen LogP contribution in [-0.2, 0) is 0 Å². The summed E-state index contributed by atoms with van der Waals surface area (Å²) in [5.41, 5.74) is 5.51. The standard InChI is InChI=1S/C19H23N5O4/c1-12-10-15(25)17(18(26)22-9-8-16(20)19(2,3)11-22)21-23(12)13-6-4-5-7-14(13)24(27)28/h4-7,10,16H,8-9,11,20H2,1-3H3. The average molecular weight is 385 g/mol. The number of nitrogens with two attached hydrogens (primary N) is 1. The first-order chi connectivity index (χ1) is 13.1. The number of benzene rings is 1. The number of para-hydroxylation sites is 2. The monoisotopic (exact) mass is 385 g/mol. The van der Waals surface area contributed by atoms with Crippen LogP contribution in [0.25, 0.3) is 5.69 Å². The van der Waals surface area contributed by atoms with Crippen LogP contribution in [0.2, 0.25) is 0 Å². The summed E-state index contributed by atoms with van der Waals surface area (Å²) in [6.07, 6.45) is 0.628. The molecule has 0 aliphatic carbocycles. The van der Waals surface area contributed by atoms with Gasteiger partial charge in [-0.15, -0.1) is 0 Å². The third-order valence-corrected chi connectivity index (χ3v) is 5.22. The van der Waals surface area contributed by atoms with Gasteiger partial charge in [-0.1, -0.05) is 26.0 Å². The maximum absolute atomic E-state index is 13.0. The molecule has 2 N–H and O–H groups in total. The van der Waals surface area contributed by atoms with Gasteiger partial charge in [0.2, 0.25) is 5.43 Å². The summed E-state index contributed by atoms with van der Waals surface area (Å²) in [6, 6.07) is 7.30. The van der Waals surface area contributed by atoms with Crippen molar-refractivity contribution in [1.29, 1.82) is 0 Å². The van der Waals surface area contributed by atoms with E-state index in [0.29, 0.717) is 25.2 Å². The van der Waals surface area contributed by atoms with Crippen LogP contribution in [0, 0.1) is 22.5 Å². The molecule has 1 saturated heterocycles. The van der Waals surface area contributed by atoms with Crippen LogP contribution in [0.3, 0.4) is 0 Å². The van der Waals surface area contributed by atoms with Gasteiger partial charge in [-0.2, -0.15) is 5.10 Å². The van der Waals surface area contributed by atoms with Gasteiger partial charge < -0.3 is 10.6 Å². The Labute approximate surface area is 161 Å². The Hall–Kier alpha value is -3.07. The zero-order valence-corrected chi connectivity index (χ0v) is 16.1. The maximum atomic E-state index is 13.0. The first-order valence-corrected chi connectivity index (χ1v) is 9.01. The lowest BCUT2D eigenvalue weighted by atomic mass is 9.79. The fourth-order valence-electron chi connectivity index (χ4n) is 3.43. The van der Waals surface area contributed by atoms with Crippen molar-refractivity contribution in [2.75, 3.05) is 13.1 Å². The summed E-state index contributed by atoms with van der Waals surface area (Å²) < 4.78 is 1.27. The van der Waals surface area contributed by atoms with Crippen molar-refractivity contribution < 1.29 is 9.72 Å². The lowest BCUT2D eigenvalue weighted by Crippen LogP contribution is -2.54. The van der Waals surface area contributed by atoms with E-state index in [-0.39, 0.29) is 28.5 Å². The van der Waals surface area contributed by atoms with E-state index in [4.69, 9.17) is 5.73 Å². The van der Waals surface area contributed by atoms with E-state index in [9.17, 15) is 19.7 Å². The maximum Gasteiger partial charge on any atom is 0.294 e. The van der Waals surface area contributed by atoms with Gasteiger partial charge in [0.15, 0.2) is 5.69 Å². The number of amides is 1. The Bertz CT molecular complexity index is 998. The molecule has 1 aliphatic heterocycles. The van der Waals surface area contributed by atoms with Crippen LogP contribution in [-0.4, -0.2) is 44.6 Å². The smallest absolute Gasteiger partial charge is 0.294 e. The number of hydrogen-bond donors (Lipinski definition) is 1. The van der Waals surface area contributed by atoms with E-state index in [1.807, 2.05) is 13.8 Å². The molecule has 3 rings (SSSR count). The summed E-state index contributed by atoms with van der Waals surface area (Å²) in [4.78, 5) is 37.9. The molecule has 9 nitrogen and oxygen atoms in total. The van der Waals surface area contributed by atoms with Crippen LogP contribution >= 0.6 is 0 Å². The minimum Gasteiger partial charge on any atom is -0.336 e. The third-order valence-electron chi connectivity index (χ3n) is 5.22. The fourth-order valence-corrected chi connectivity index (χ4v) is 3.43. The lowest BCUT2D eigenvalue weighted by molar-refractivity contribution is -0.384. The number of piperidine rings is 1. The second-order valence-electron chi connectivity index (χ2n) is 7.77. The van der Waals surface area contributed by atoms with Gasteiger partial charge in [0, 0.05) is 37.0 Å². The molecule has 1 aromatic carbocycles. The van der Waals surface area contributed by atoms with E-state index >= 15 is 0 Å². The average Bonchev–Trinajstić information content (AvgIpc) is 2.63. The molecule has 0 radical (unpaired) electrons. The highest BCUT2D eigenvalue weighted by Crippen LogP contribution is 2.28. The third kappa shape index (κ3) is 3.53. The molecular weight excluding hydrogens is 362 g/mol. The molecule has 1 unspecified atom stereocenters. The lowest BCUT2D eigenvalue weighted by Gasteiger charge is -2.42. The molecule has 1 aliphatic rings. The molecule has 0 spiro atoms. The summed E-state index contributed by atoms with van der Waals surface area (Å²) in [7, 11) is 0. The molecule has 0 bridgehead atoms. The Kier molecular flexibility index (Phi) is 5.03. The van der Waals surface area contributed by atoms with Gasteiger partial charge in [0.1, 0.15) is 5.69 Å². The Morgan fingerprint density at radius 2 is 2.04 bits per heavy atom. The predicted octanol–water partition coefficient (Wildman–Crippen LogP) is 1.65. The zero-order valence-electron chi connectivity index (χ0n) is 16.1. The molecular formula is C19H23N5O4. The van der Waals surface area contributed by atoms with Gasteiger partial charge in [0.05, 0.1) is 4.92 Å². The summed E-state index contributed by atoms with van der Waals surface area (Å²) in [6.45, 7) is 6.41. The molecule has 0 saturated carbocycles. The molecule has 1 atom stereocenters. The van der Waals surface area contributed by atoms with Crippen LogP contribution in [0.15, 0.2) is 35.1 Å². The summed E-state index contributed by atoms with van der Waals surface area (Å²) in [5.74, 6) is -0.489. The quantitative estimate of drug-likeness (QED) is 0.633. The minimum atomic E-state index is -0.523. The topological polar surface area (TPSA) is 124 Å². The van der Waals surface area contributed by atoms with E-state index in [0.717, 1.165) is 0 Å². The summed E-state index contributed by atoms with van der Waals surface area (Å²) >= 11 is 0. The van der Waals surface area contributed by atoms with Crippen LogP contribution < -0.4 is 11.2 Å². The number of nitro benzene ring substituents is 1. The number of nitro groups is 1. The number of rotatable bonds is 3. The van der Waals surface area contributed by atoms with Crippen molar-refractivity contribution in [2.24, 2.45) is 11.1 Å². The predicted molar refractivity (Wildman–Crippen MR) is 104 cm³/mol. The van der Waals surface area contributed by atoms with Crippen molar-refractivity contribution >= 4 is 11.6 Å². The van der Waals surface area contributed by atoms with Gasteiger partial charge >= 0.3 is 0 Å². The van der Waals surface area contributed by atoms with Crippen molar-refractivity contribution in [3.63, 3.8) is 0 Å². The number of aryl methyl sites for hydroxylation is 1. The number of likely N-dealkylation sites (tertiary alicyclic amines) is 1. The van der Waals surface area contributed by atoms with E-state index in [2.05, 4.69) is 5.10 Å². The highest BCUT2D eigenvalue weighted by Gasteiger charge is 2.36. The molecule has 2 heterocycles. The Morgan fingerprint density at radius 1 is 1.36 bits per heavy atom. The molecule has 148 valence electrons. The second kappa shape index (κ2) is 7.16. The van der Waals surface area contributed by atoms with Gasteiger partial charge in [-0.05, 0) is 24.8 Å². The van der Waals surface area contributed by atoms with E-state index in [1.54, 1.807) is 24.0 Å². The molecule has 1 fully saturated rings. The van der Waals surface area contributed by atoms with Crippen molar-refractivity contribution in [3.8, 4) is 5.69 Å². The Balaban J connectivity index is 2.05. The van der Waals surface area contributed by atoms with Gasteiger partial charge in [0.25, 0.3) is 11.6 Å². The Morgan fingerprint density at radius 3 is 2.68 bits per heavy atom. The van der Waals surface area contributed by atoms with Crippen molar-refractivity contribution in [1.82, 2.24) is 14.7 Å². The molecule has 1 amide bonds. The molecule has 2 aromatic rings. The van der Waals surface area contributed by atoms with Crippen molar-refractivity contribution in [2.45, 2.75) is 33.2 Å². The first-order valence-electron chi connectivity index (χ1n) is 9.01. The van der Waals surface area contributed by atoms with Gasteiger partial charge in [-0.25, -0.2) is 4.68 Å². The zero-order chi connectivity index (χ0) is 20.6. The molecule has 28 heavy (non-hydrogen) atoms. The van der Waals surface area contributed by atoms with E-state index < -0.39 is 16.3 Å². The normalized spacial score (nSPS) is 18.7. The van der Waals surface area contributed by atoms with E-state index in [1.165, 1.54) is 22.9 Å². The first kappa shape index (κ1) is 19.7. The largest absolute Gasteiger partial charge is 0.336 e. The van der Waals surface area contributed by atoms with Gasteiger partial charge in [-0.3, -0.25) is 19.7 Å². The van der Waals surface area contributed by atoms with Crippen molar-refractivity contribution in [3.05, 3.63) is 62.1 Å². The molecule has 1 aromatic heterocycles. The number of nitrogens with zero attached hydrogens (tertiary/aromatic N) is 4. The summed E-state index contributed by atoms with van der Waals surface area (Å²) in [5, 5.41) is 15.6. The SMILES string of the molecule is Cc1cc(=O)c(C(=O)N2CCC(N)C(C)(C)C2)nn1-c1ccccc1[N+](=O)[O-]. The number of aromatic nitrogens is 2. The minimum absolute atomic E-state index is 0.0360. The number of hydrogen-bond acceptors (Lipinski definition) is 6. The highest BCUT2D eigenvalue weighted by molar-refractivity contribution is 5.92. The van der Waals surface area contributed by atoms with Crippen LogP contribution in [0.4, 0.5) is 5.69 Å².